The Hall–Kier alpha value is -1.18. The second-order valence-electron chi connectivity index (χ2n) is 3.24. The standard InChI is InChI=1S/C10H15NO/c1-8(2)7-12-10-6-4-3-5-9(10)11/h3-6,8H,7,11H2,1-2H3. The number of rotatable bonds is 3. The smallest absolute Gasteiger partial charge is 0.142 e. The van der Waals surface area contributed by atoms with Gasteiger partial charge >= 0.3 is 0 Å². The zero-order valence-corrected chi connectivity index (χ0v) is 7.58. The van der Waals surface area contributed by atoms with Gasteiger partial charge in [0.2, 0.25) is 0 Å². The van der Waals surface area contributed by atoms with Crippen LogP contribution in [0, 0.1) is 5.92 Å². The van der Waals surface area contributed by atoms with Gasteiger partial charge in [0, 0.05) is 0 Å². The van der Waals surface area contributed by atoms with Crippen molar-refractivity contribution in [1.82, 2.24) is 0 Å². The predicted octanol–water partition coefficient (Wildman–Crippen LogP) is 2.30. The Balaban J connectivity index is 2.57. The molecule has 0 saturated heterocycles. The summed E-state index contributed by atoms with van der Waals surface area (Å²) in [6.45, 7) is 4.94. The van der Waals surface area contributed by atoms with Gasteiger partial charge in [-0.25, -0.2) is 0 Å². The summed E-state index contributed by atoms with van der Waals surface area (Å²) in [6.07, 6.45) is 0. The maximum absolute atomic E-state index is 5.68. The topological polar surface area (TPSA) is 35.2 Å². The summed E-state index contributed by atoms with van der Waals surface area (Å²) in [6, 6.07) is 7.55. The van der Waals surface area contributed by atoms with Crippen LogP contribution < -0.4 is 10.5 Å². The Morgan fingerprint density at radius 1 is 1.33 bits per heavy atom. The van der Waals surface area contributed by atoms with E-state index < -0.39 is 0 Å². The lowest BCUT2D eigenvalue weighted by Gasteiger charge is -2.09. The number of anilines is 1. The van der Waals surface area contributed by atoms with E-state index in [2.05, 4.69) is 13.8 Å². The fourth-order valence-electron chi connectivity index (χ4n) is 0.868. The number of benzene rings is 1. The minimum absolute atomic E-state index is 0.532. The predicted molar refractivity (Wildman–Crippen MR) is 51.2 cm³/mol. The van der Waals surface area contributed by atoms with Gasteiger partial charge in [0.25, 0.3) is 0 Å². The third kappa shape index (κ3) is 2.46. The van der Waals surface area contributed by atoms with E-state index in [1.165, 1.54) is 0 Å². The molecule has 12 heavy (non-hydrogen) atoms. The zero-order valence-electron chi connectivity index (χ0n) is 7.58. The van der Waals surface area contributed by atoms with Gasteiger partial charge in [0.05, 0.1) is 12.3 Å². The highest BCUT2D eigenvalue weighted by molar-refractivity contribution is 5.51. The third-order valence-electron chi connectivity index (χ3n) is 1.49. The van der Waals surface area contributed by atoms with Gasteiger partial charge in [-0.05, 0) is 18.1 Å². The Labute approximate surface area is 73.3 Å². The summed E-state index contributed by atoms with van der Waals surface area (Å²) >= 11 is 0. The first-order valence-corrected chi connectivity index (χ1v) is 4.17. The Kier molecular flexibility index (Phi) is 2.97. The number of para-hydroxylation sites is 2. The Morgan fingerprint density at radius 3 is 2.58 bits per heavy atom. The van der Waals surface area contributed by atoms with Crippen LogP contribution in [0.3, 0.4) is 0 Å². The molecule has 0 spiro atoms. The molecule has 2 nitrogen and oxygen atoms in total. The lowest BCUT2D eigenvalue weighted by atomic mass is 10.2. The summed E-state index contributed by atoms with van der Waals surface area (Å²) in [4.78, 5) is 0. The quantitative estimate of drug-likeness (QED) is 0.697. The van der Waals surface area contributed by atoms with Crippen molar-refractivity contribution in [2.45, 2.75) is 13.8 Å². The van der Waals surface area contributed by atoms with Crippen molar-refractivity contribution in [2.75, 3.05) is 12.3 Å². The maximum atomic E-state index is 5.68. The second-order valence-corrected chi connectivity index (χ2v) is 3.24. The van der Waals surface area contributed by atoms with Crippen molar-refractivity contribution in [3.8, 4) is 5.75 Å². The summed E-state index contributed by atoms with van der Waals surface area (Å²) in [5.74, 6) is 1.32. The fraction of sp³-hybridized carbons (Fsp3) is 0.400. The highest BCUT2D eigenvalue weighted by Crippen LogP contribution is 2.20. The molecule has 0 aliphatic carbocycles. The van der Waals surface area contributed by atoms with Crippen molar-refractivity contribution < 1.29 is 4.74 Å². The van der Waals surface area contributed by atoms with Crippen LogP contribution in [-0.2, 0) is 0 Å². The second kappa shape index (κ2) is 4.00. The van der Waals surface area contributed by atoms with Gasteiger partial charge in [-0.15, -0.1) is 0 Å². The van der Waals surface area contributed by atoms with E-state index in [1.54, 1.807) is 0 Å². The summed E-state index contributed by atoms with van der Waals surface area (Å²) < 4.78 is 5.47. The van der Waals surface area contributed by atoms with Crippen LogP contribution in [0.2, 0.25) is 0 Å². The molecule has 0 radical (unpaired) electrons. The van der Waals surface area contributed by atoms with Crippen LogP contribution in [0.4, 0.5) is 5.69 Å². The lowest BCUT2D eigenvalue weighted by Crippen LogP contribution is -2.05. The molecule has 0 unspecified atom stereocenters. The molecule has 0 saturated carbocycles. The fourth-order valence-corrected chi connectivity index (χ4v) is 0.868. The molecule has 2 heteroatoms. The first kappa shape index (κ1) is 8.91. The SMILES string of the molecule is CC(C)COc1ccccc1N. The minimum atomic E-state index is 0.532. The number of hydrogen-bond donors (Lipinski definition) is 1. The molecule has 0 aliphatic heterocycles. The van der Waals surface area contributed by atoms with E-state index in [-0.39, 0.29) is 0 Å². The molecular formula is C10H15NO. The van der Waals surface area contributed by atoms with Crippen molar-refractivity contribution in [3.63, 3.8) is 0 Å². The average molecular weight is 165 g/mol. The first-order chi connectivity index (χ1) is 5.70. The van der Waals surface area contributed by atoms with Crippen molar-refractivity contribution >= 4 is 5.69 Å². The molecule has 0 aliphatic rings. The van der Waals surface area contributed by atoms with Gasteiger partial charge in [-0.2, -0.15) is 0 Å². The minimum Gasteiger partial charge on any atom is -0.491 e. The van der Waals surface area contributed by atoms with Crippen LogP contribution in [0.5, 0.6) is 5.75 Å². The number of nitrogen functional groups attached to an aromatic ring is 1. The molecule has 2 N–H and O–H groups in total. The van der Waals surface area contributed by atoms with E-state index in [1.807, 2.05) is 24.3 Å². The summed E-state index contributed by atoms with van der Waals surface area (Å²) in [5, 5.41) is 0. The van der Waals surface area contributed by atoms with Crippen molar-refractivity contribution in [3.05, 3.63) is 24.3 Å². The molecule has 0 heterocycles. The normalized spacial score (nSPS) is 10.2. The van der Waals surface area contributed by atoms with Crippen molar-refractivity contribution in [1.29, 1.82) is 0 Å². The van der Waals surface area contributed by atoms with E-state index in [9.17, 15) is 0 Å². The molecular weight excluding hydrogens is 150 g/mol. The van der Waals surface area contributed by atoms with E-state index in [0.29, 0.717) is 18.2 Å². The third-order valence-corrected chi connectivity index (χ3v) is 1.49. The first-order valence-electron chi connectivity index (χ1n) is 4.17. The molecule has 0 aromatic heterocycles. The highest BCUT2D eigenvalue weighted by Gasteiger charge is 1.99. The Bertz CT molecular complexity index is 245. The van der Waals surface area contributed by atoms with Crippen molar-refractivity contribution in [2.24, 2.45) is 5.92 Å². The molecule has 1 aromatic carbocycles. The van der Waals surface area contributed by atoms with E-state index in [4.69, 9.17) is 10.5 Å². The summed E-state index contributed by atoms with van der Waals surface area (Å²) in [5.41, 5.74) is 6.39. The van der Waals surface area contributed by atoms with Gasteiger partial charge in [0.15, 0.2) is 0 Å². The molecule has 0 atom stereocenters. The molecule has 1 rings (SSSR count). The Morgan fingerprint density at radius 2 is 2.00 bits per heavy atom. The molecule has 0 bridgehead atoms. The highest BCUT2D eigenvalue weighted by atomic mass is 16.5. The van der Waals surface area contributed by atoms with E-state index in [0.717, 1.165) is 5.75 Å². The molecule has 0 fully saturated rings. The van der Waals surface area contributed by atoms with E-state index >= 15 is 0 Å². The number of ether oxygens (including phenoxy) is 1. The maximum Gasteiger partial charge on any atom is 0.142 e. The van der Waals surface area contributed by atoms with Crippen LogP contribution in [0.25, 0.3) is 0 Å². The molecule has 1 aromatic rings. The number of nitrogens with two attached hydrogens (primary N) is 1. The average Bonchev–Trinajstić information content (AvgIpc) is 2.03. The molecule has 66 valence electrons. The number of hydrogen-bond acceptors (Lipinski definition) is 2. The van der Waals surface area contributed by atoms with Gasteiger partial charge in [-0.3, -0.25) is 0 Å². The van der Waals surface area contributed by atoms with Crippen LogP contribution in [-0.4, -0.2) is 6.61 Å². The van der Waals surface area contributed by atoms with Crippen LogP contribution in [0.1, 0.15) is 13.8 Å². The van der Waals surface area contributed by atoms with Crippen LogP contribution in [0.15, 0.2) is 24.3 Å². The largest absolute Gasteiger partial charge is 0.491 e. The zero-order chi connectivity index (χ0) is 8.97. The molecule has 0 amide bonds. The summed E-state index contributed by atoms with van der Waals surface area (Å²) in [7, 11) is 0. The van der Waals surface area contributed by atoms with Gasteiger partial charge in [0.1, 0.15) is 5.75 Å². The van der Waals surface area contributed by atoms with Gasteiger partial charge in [-0.1, -0.05) is 26.0 Å². The monoisotopic (exact) mass is 165 g/mol. The van der Waals surface area contributed by atoms with Crippen LogP contribution >= 0.6 is 0 Å². The lowest BCUT2D eigenvalue weighted by molar-refractivity contribution is 0.272. The van der Waals surface area contributed by atoms with Gasteiger partial charge < -0.3 is 10.5 Å².